The third kappa shape index (κ3) is 2.69. The van der Waals surface area contributed by atoms with Gasteiger partial charge in [-0.3, -0.25) is 0 Å². The Balaban J connectivity index is 1.63. The minimum Gasteiger partial charge on any atom is -0.391 e. The maximum atomic E-state index is 9.08. The third-order valence-corrected chi connectivity index (χ3v) is 4.26. The molecule has 0 spiro atoms. The zero-order valence-electron chi connectivity index (χ0n) is 10.6. The molecular formula is C13H16N4OS. The van der Waals surface area contributed by atoms with E-state index in [2.05, 4.69) is 19.8 Å². The lowest BCUT2D eigenvalue weighted by Crippen LogP contribution is -2.46. The van der Waals surface area contributed by atoms with Crippen molar-refractivity contribution in [3.8, 4) is 0 Å². The van der Waals surface area contributed by atoms with Crippen LogP contribution < -0.4 is 9.80 Å². The quantitative estimate of drug-likeness (QED) is 0.917. The minimum absolute atomic E-state index is 0.0750. The zero-order chi connectivity index (χ0) is 13.1. The molecule has 100 valence electrons. The molecule has 1 fully saturated rings. The van der Waals surface area contributed by atoms with E-state index in [1.807, 2.05) is 24.4 Å². The largest absolute Gasteiger partial charge is 0.391 e. The van der Waals surface area contributed by atoms with E-state index in [0.717, 1.165) is 42.0 Å². The van der Waals surface area contributed by atoms with E-state index >= 15 is 0 Å². The Morgan fingerprint density at radius 2 is 1.89 bits per heavy atom. The number of aliphatic hydroxyl groups excluding tert-OH is 1. The standard InChI is InChI=1S/C13H16N4OS/c18-10-11-9-15-13(19-11)17-7-5-16(6-8-17)12-3-1-2-4-14-12/h1-4,9,18H,5-8,10H2. The van der Waals surface area contributed by atoms with Gasteiger partial charge in [0.25, 0.3) is 0 Å². The van der Waals surface area contributed by atoms with E-state index in [-0.39, 0.29) is 6.61 Å². The third-order valence-electron chi connectivity index (χ3n) is 3.22. The smallest absolute Gasteiger partial charge is 0.185 e. The summed E-state index contributed by atoms with van der Waals surface area (Å²) in [5.74, 6) is 1.04. The van der Waals surface area contributed by atoms with Gasteiger partial charge in [-0.25, -0.2) is 9.97 Å². The Labute approximate surface area is 116 Å². The Bertz CT molecular complexity index is 522. The minimum atomic E-state index is 0.0750. The Morgan fingerprint density at radius 1 is 1.11 bits per heavy atom. The number of nitrogens with zero attached hydrogens (tertiary/aromatic N) is 4. The molecule has 3 heterocycles. The number of aromatic nitrogens is 2. The van der Waals surface area contributed by atoms with Gasteiger partial charge in [-0.2, -0.15) is 0 Å². The van der Waals surface area contributed by atoms with Gasteiger partial charge in [-0.1, -0.05) is 17.4 Å². The summed E-state index contributed by atoms with van der Waals surface area (Å²) in [6, 6.07) is 6.00. The molecule has 0 atom stereocenters. The highest BCUT2D eigenvalue weighted by Gasteiger charge is 2.19. The highest BCUT2D eigenvalue weighted by atomic mass is 32.1. The number of thiazole rings is 1. The first-order valence-electron chi connectivity index (χ1n) is 6.33. The lowest BCUT2D eigenvalue weighted by Gasteiger charge is -2.35. The molecule has 19 heavy (non-hydrogen) atoms. The molecule has 0 aliphatic carbocycles. The summed E-state index contributed by atoms with van der Waals surface area (Å²) in [6.07, 6.45) is 3.58. The van der Waals surface area contributed by atoms with Gasteiger partial charge in [0, 0.05) is 38.6 Å². The first-order chi connectivity index (χ1) is 9.36. The van der Waals surface area contributed by atoms with Gasteiger partial charge in [0.15, 0.2) is 5.13 Å². The fourth-order valence-corrected chi connectivity index (χ4v) is 3.01. The van der Waals surface area contributed by atoms with Crippen molar-refractivity contribution in [1.29, 1.82) is 0 Å². The second kappa shape index (κ2) is 5.54. The maximum Gasteiger partial charge on any atom is 0.185 e. The molecule has 3 rings (SSSR count). The summed E-state index contributed by atoms with van der Waals surface area (Å²) >= 11 is 1.57. The lowest BCUT2D eigenvalue weighted by atomic mass is 10.3. The van der Waals surface area contributed by atoms with Crippen LogP contribution in [0, 0.1) is 0 Å². The highest BCUT2D eigenvalue weighted by molar-refractivity contribution is 7.15. The van der Waals surface area contributed by atoms with Crippen molar-refractivity contribution in [3.63, 3.8) is 0 Å². The summed E-state index contributed by atoms with van der Waals surface area (Å²) in [7, 11) is 0. The van der Waals surface area contributed by atoms with Crippen LogP contribution in [0.4, 0.5) is 10.9 Å². The molecule has 0 bridgehead atoms. The van der Waals surface area contributed by atoms with Crippen molar-refractivity contribution in [2.75, 3.05) is 36.0 Å². The molecule has 1 saturated heterocycles. The molecule has 2 aromatic heterocycles. The Kier molecular flexibility index (Phi) is 3.61. The monoisotopic (exact) mass is 276 g/mol. The molecule has 6 heteroatoms. The number of hydrogen-bond donors (Lipinski definition) is 1. The van der Waals surface area contributed by atoms with E-state index in [1.54, 1.807) is 17.5 Å². The normalized spacial score (nSPS) is 15.8. The van der Waals surface area contributed by atoms with Crippen LogP contribution in [0.25, 0.3) is 0 Å². The SMILES string of the molecule is OCc1cnc(N2CCN(c3ccccn3)CC2)s1. The van der Waals surface area contributed by atoms with Crippen molar-refractivity contribution in [2.24, 2.45) is 0 Å². The summed E-state index contributed by atoms with van der Waals surface area (Å²) in [4.78, 5) is 14.2. The molecule has 0 aromatic carbocycles. The first-order valence-corrected chi connectivity index (χ1v) is 7.15. The molecule has 0 saturated carbocycles. The summed E-state index contributed by atoms with van der Waals surface area (Å²) in [5, 5.41) is 10.1. The van der Waals surface area contributed by atoms with Crippen molar-refractivity contribution >= 4 is 22.3 Å². The summed E-state index contributed by atoms with van der Waals surface area (Å²) < 4.78 is 0. The number of pyridine rings is 1. The Hall–Kier alpha value is -1.66. The maximum absolute atomic E-state index is 9.08. The molecule has 0 radical (unpaired) electrons. The van der Waals surface area contributed by atoms with Crippen LogP contribution in [0.5, 0.6) is 0 Å². The predicted molar refractivity (Wildman–Crippen MR) is 76.7 cm³/mol. The van der Waals surface area contributed by atoms with Crippen LogP contribution in [-0.2, 0) is 6.61 Å². The van der Waals surface area contributed by atoms with Gasteiger partial charge < -0.3 is 14.9 Å². The van der Waals surface area contributed by atoms with Crippen LogP contribution in [0.3, 0.4) is 0 Å². The molecule has 1 aliphatic heterocycles. The summed E-state index contributed by atoms with van der Waals surface area (Å²) in [5.41, 5.74) is 0. The van der Waals surface area contributed by atoms with Crippen molar-refractivity contribution < 1.29 is 5.11 Å². The zero-order valence-corrected chi connectivity index (χ0v) is 11.4. The first kappa shape index (κ1) is 12.4. The highest BCUT2D eigenvalue weighted by Crippen LogP contribution is 2.24. The van der Waals surface area contributed by atoms with E-state index in [9.17, 15) is 0 Å². The van der Waals surface area contributed by atoms with Crippen molar-refractivity contribution in [3.05, 3.63) is 35.5 Å². The van der Waals surface area contributed by atoms with E-state index in [0.29, 0.717) is 0 Å². The van der Waals surface area contributed by atoms with E-state index in [1.165, 1.54) is 0 Å². The molecule has 5 nitrogen and oxygen atoms in total. The molecule has 1 N–H and O–H groups in total. The van der Waals surface area contributed by atoms with Crippen LogP contribution in [0.15, 0.2) is 30.6 Å². The fourth-order valence-electron chi connectivity index (χ4n) is 2.18. The van der Waals surface area contributed by atoms with E-state index in [4.69, 9.17) is 5.11 Å². The number of anilines is 2. The van der Waals surface area contributed by atoms with Crippen molar-refractivity contribution in [2.45, 2.75) is 6.61 Å². The summed E-state index contributed by atoms with van der Waals surface area (Å²) in [6.45, 7) is 3.85. The molecular weight excluding hydrogens is 260 g/mol. The molecule has 0 unspecified atom stereocenters. The second-order valence-corrected chi connectivity index (χ2v) is 5.52. The van der Waals surface area contributed by atoms with Gasteiger partial charge in [0.1, 0.15) is 5.82 Å². The average molecular weight is 276 g/mol. The number of piperazine rings is 1. The van der Waals surface area contributed by atoms with Gasteiger partial charge in [0.2, 0.25) is 0 Å². The fraction of sp³-hybridized carbons (Fsp3) is 0.385. The van der Waals surface area contributed by atoms with Crippen molar-refractivity contribution in [1.82, 2.24) is 9.97 Å². The molecule has 0 amide bonds. The molecule has 2 aromatic rings. The van der Waals surface area contributed by atoms with Crippen LogP contribution in [0.2, 0.25) is 0 Å². The van der Waals surface area contributed by atoms with Gasteiger partial charge in [-0.05, 0) is 12.1 Å². The second-order valence-electron chi connectivity index (χ2n) is 4.43. The van der Waals surface area contributed by atoms with Gasteiger partial charge in [-0.15, -0.1) is 0 Å². The van der Waals surface area contributed by atoms with E-state index < -0.39 is 0 Å². The van der Waals surface area contributed by atoms with Crippen LogP contribution in [-0.4, -0.2) is 41.3 Å². The van der Waals surface area contributed by atoms with Gasteiger partial charge in [0.05, 0.1) is 11.5 Å². The average Bonchev–Trinajstić information content (AvgIpc) is 2.97. The lowest BCUT2D eigenvalue weighted by molar-refractivity contribution is 0.285. The van der Waals surface area contributed by atoms with Crippen LogP contribution >= 0.6 is 11.3 Å². The van der Waals surface area contributed by atoms with Crippen LogP contribution in [0.1, 0.15) is 4.88 Å². The molecule has 1 aliphatic rings. The van der Waals surface area contributed by atoms with Gasteiger partial charge >= 0.3 is 0 Å². The number of aliphatic hydroxyl groups is 1. The topological polar surface area (TPSA) is 52.5 Å². The Morgan fingerprint density at radius 3 is 2.53 bits per heavy atom. The predicted octanol–water partition coefficient (Wildman–Crippen LogP) is 1.36. The number of hydrogen-bond acceptors (Lipinski definition) is 6. The number of rotatable bonds is 3.